The van der Waals surface area contributed by atoms with Crippen LogP contribution < -0.4 is 0 Å². The van der Waals surface area contributed by atoms with Crippen LogP contribution >= 0.6 is 0 Å². The summed E-state index contributed by atoms with van der Waals surface area (Å²) in [5.41, 5.74) is 12.8. The number of phenolic OH excluding ortho intramolecular Hbond substituents is 5. The molecular weight excluding hydrogens is 633 g/mol. The smallest absolute Gasteiger partial charge is 0.208 e. The molecule has 0 saturated heterocycles. The molecule has 248 valence electrons. The summed E-state index contributed by atoms with van der Waals surface area (Å²) in [4.78, 5) is 0. The van der Waals surface area contributed by atoms with Gasteiger partial charge in [-0.15, -0.1) is 0 Å². The van der Waals surface area contributed by atoms with Crippen LogP contribution in [0.25, 0.3) is 76.8 Å². The van der Waals surface area contributed by atoms with E-state index in [-0.39, 0.29) is 16.4 Å². The predicted octanol–water partition coefficient (Wildman–Crippen LogP) is 11.1. The second-order valence-electron chi connectivity index (χ2n) is 15.3. The van der Waals surface area contributed by atoms with Crippen LogP contribution in [0.4, 0.5) is 0 Å². The van der Waals surface area contributed by atoms with Gasteiger partial charge in [-0.2, -0.15) is 0 Å². The lowest BCUT2D eigenvalue weighted by Crippen LogP contribution is -2.17. The molecule has 5 nitrogen and oxygen atoms in total. The molecule has 0 saturated carbocycles. The van der Waals surface area contributed by atoms with Crippen LogP contribution in [0.15, 0.2) is 103 Å². The quantitative estimate of drug-likeness (QED) is 0.0718. The normalized spacial score (nSPS) is 15.0. The number of hydrogen-bond donors (Lipinski definition) is 5. The summed E-state index contributed by atoms with van der Waals surface area (Å²) in [5.74, 6) is -4.19. The van der Waals surface area contributed by atoms with Crippen molar-refractivity contribution in [3.63, 3.8) is 0 Å². The van der Waals surface area contributed by atoms with E-state index in [9.17, 15) is 25.5 Å². The monoisotopic (exact) mass is 666 g/mol. The van der Waals surface area contributed by atoms with Gasteiger partial charge < -0.3 is 25.5 Å². The average molecular weight is 667 g/mol. The van der Waals surface area contributed by atoms with E-state index >= 15 is 0 Å². The lowest BCUT2D eigenvalue weighted by Gasteiger charge is -2.24. The third-order valence-electron chi connectivity index (χ3n) is 12.0. The molecule has 0 heterocycles. The van der Waals surface area contributed by atoms with Crippen LogP contribution in [0.5, 0.6) is 28.7 Å². The highest BCUT2D eigenvalue weighted by molar-refractivity contribution is 6.28. The van der Waals surface area contributed by atoms with E-state index in [0.717, 1.165) is 43.4 Å². The van der Waals surface area contributed by atoms with E-state index in [4.69, 9.17) is 0 Å². The summed E-state index contributed by atoms with van der Waals surface area (Å²) in [7, 11) is 0. The molecule has 0 aromatic heterocycles. The number of fused-ring (bicyclic) bond motifs is 6. The third-order valence-corrected chi connectivity index (χ3v) is 12.0. The van der Waals surface area contributed by atoms with Crippen molar-refractivity contribution in [3.05, 3.63) is 125 Å². The molecule has 0 spiro atoms. The number of phenols is 5. The van der Waals surface area contributed by atoms with Crippen LogP contribution in [-0.4, -0.2) is 25.5 Å². The highest BCUT2D eigenvalue weighted by atomic mass is 16.4. The van der Waals surface area contributed by atoms with Crippen LogP contribution in [0, 0.1) is 0 Å². The maximum atomic E-state index is 10.8. The summed E-state index contributed by atoms with van der Waals surface area (Å²) in [6.45, 7) is 9.31. The summed E-state index contributed by atoms with van der Waals surface area (Å²) < 4.78 is 0. The van der Waals surface area contributed by atoms with Crippen molar-refractivity contribution < 1.29 is 25.5 Å². The van der Waals surface area contributed by atoms with Gasteiger partial charge in [-0.05, 0) is 112 Å². The minimum Gasteiger partial charge on any atom is -0.504 e. The molecule has 8 aromatic rings. The van der Waals surface area contributed by atoms with Crippen molar-refractivity contribution in [1.82, 2.24) is 0 Å². The Morgan fingerprint density at radius 3 is 1.45 bits per heavy atom. The molecule has 0 amide bonds. The fourth-order valence-electron chi connectivity index (χ4n) is 9.31. The van der Waals surface area contributed by atoms with E-state index in [0.29, 0.717) is 5.56 Å². The SMILES string of the molecule is CC1(C)c2ccccc2-c2cc3c(cc21)-c1ccc(-c2ccc4ccc5c(-c6c(O)c(O)c(O)c(O)c6O)ccc6ccc2c4c65)cc1C3(C)C. The molecule has 5 N–H and O–H groups in total. The maximum Gasteiger partial charge on any atom is 0.208 e. The van der Waals surface area contributed by atoms with Crippen molar-refractivity contribution in [2.45, 2.75) is 38.5 Å². The van der Waals surface area contributed by atoms with Crippen LogP contribution in [0.1, 0.15) is 49.9 Å². The number of rotatable bonds is 2. The topological polar surface area (TPSA) is 101 Å². The first-order chi connectivity index (χ1) is 24.4. The van der Waals surface area contributed by atoms with Gasteiger partial charge >= 0.3 is 0 Å². The van der Waals surface area contributed by atoms with Gasteiger partial charge in [-0.25, -0.2) is 0 Å². The minimum absolute atomic E-state index is 0.0735. The van der Waals surface area contributed by atoms with Crippen LogP contribution in [0.3, 0.4) is 0 Å². The van der Waals surface area contributed by atoms with E-state index in [1.807, 2.05) is 18.2 Å². The lowest BCUT2D eigenvalue weighted by atomic mass is 9.79. The van der Waals surface area contributed by atoms with Crippen molar-refractivity contribution in [3.8, 4) is 73.3 Å². The molecule has 8 aromatic carbocycles. The Labute approximate surface area is 294 Å². The zero-order valence-corrected chi connectivity index (χ0v) is 28.6. The zero-order chi connectivity index (χ0) is 35.3. The number of hydrogen-bond acceptors (Lipinski definition) is 5. The van der Waals surface area contributed by atoms with Gasteiger partial charge in [0.1, 0.15) is 0 Å². The van der Waals surface area contributed by atoms with E-state index in [1.54, 1.807) is 6.07 Å². The zero-order valence-electron chi connectivity index (χ0n) is 28.6. The molecule has 0 unspecified atom stereocenters. The Morgan fingerprint density at radius 2 is 0.824 bits per heavy atom. The summed E-state index contributed by atoms with van der Waals surface area (Å²) in [5, 5.41) is 58.2. The predicted molar refractivity (Wildman–Crippen MR) is 204 cm³/mol. The molecule has 0 bridgehead atoms. The molecule has 0 fully saturated rings. The van der Waals surface area contributed by atoms with Gasteiger partial charge in [0.2, 0.25) is 17.2 Å². The van der Waals surface area contributed by atoms with Gasteiger partial charge in [0.25, 0.3) is 0 Å². The van der Waals surface area contributed by atoms with E-state index in [1.165, 1.54) is 44.5 Å². The van der Waals surface area contributed by atoms with E-state index < -0.39 is 28.7 Å². The van der Waals surface area contributed by atoms with Crippen molar-refractivity contribution >= 4 is 32.3 Å². The molecule has 2 aliphatic carbocycles. The fraction of sp³-hybridized carbons (Fsp3) is 0.130. The Kier molecular flexibility index (Phi) is 5.54. The minimum atomic E-state index is -0.977. The van der Waals surface area contributed by atoms with Gasteiger partial charge in [0.05, 0.1) is 5.56 Å². The van der Waals surface area contributed by atoms with Crippen molar-refractivity contribution in [2.75, 3.05) is 0 Å². The maximum absolute atomic E-state index is 10.8. The Balaban J connectivity index is 1.16. The molecule has 10 rings (SSSR count). The summed E-state index contributed by atoms with van der Waals surface area (Å²) in [6, 6.07) is 36.7. The first-order valence-electron chi connectivity index (χ1n) is 17.2. The first kappa shape index (κ1) is 29.7. The number of benzene rings is 8. The summed E-state index contributed by atoms with van der Waals surface area (Å²) >= 11 is 0. The van der Waals surface area contributed by atoms with Crippen LogP contribution in [-0.2, 0) is 10.8 Å². The van der Waals surface area contributed by atoms with Gasteiger partial charge in [0, 0.05) is 10.8 Å². The molecule has 2 aliphatic rings. The van der Waals surface area contributed by atoms with Gasteiger partial charge in [-0.3, -0.25) is 0 Å². The Morgan fingerprint density at radius 1 is 0.373 bits per heavy atom. The first-order valence-corrected chi connectivity index (χ1v) is 17.2. The highest BCUT2D eigenvalue weighted by Crippen LogP contribution is 2.58. The fourth-order valence-corrected chi connectivity index (χ4v) is 9.31. The molecular formula is C46H34O5. The highest BCUT2D eigenvalue weighted by Gasteiger charge is 2.41. The number of aromatic hydroxyl groups is 5. The second-order valence-corrected chi connectivity index (χ2v) is 15.3. The Bertz CT molecular complexity index is 2830. The largest absolute Gasteiger partial charge is 0.504 e. The van der Waals surface area contributed by atoms with Crippen LogP contribution in [0.2, 0.25) is 0 Å². The molecule has 51 heavy (non-hydrogen) atoms. The standard InChI is InChI=1S/C46H34O5/c1-45(2)33-8-6-5-7-26(33)31-20-36-32(21-35(31)45)27-15-13-24(19-34(27)46(36,3)4)25-14-9-22-11-17-29-30(18-12-23-10-16-28(25)37(22)38(23)29)39-40(47)42(49)44(51)43(50)41(39)48/h5-21,47-51H,1-4H3. The average Bonchev–Trinajstić information content (AvgIpc) is 3.50. The molecule has 5 heteroatoms. The van der Waals surface area contributed by atoms with Crippen molar-refractivity contribution in [1.29, 1.82) is 0 Å². The van der Waals surface area contributed by atoms with Gasteiger partial charge in [-0.1, -0.05) is 113 Å². The Hall–Kier alpha value is -6.20. The van der Waals surface area contributed by atoms with Gasteiger partial charge in [0.15, 0.2) is 11.5 Å². The van der Waals surface area contributed by atoms with Crippen molar-refractivity contribution in [2.24, 2.45) is 0 Å². The third kappa shape index (κ3) is 3.60. The molecule has 0 radical (unpaired) electrons. The summed E-state index contributed by atoms with van der Waals surface area (Å²) in [6.07, 6.45) is 0. The van der Waals surface area contributed by atoms with E-state index in [2.05, 4.69) is 107 Å². The molecule has 0 atom stereocenters. The second kappa shape index (κ2) is 9.52. The lowest BCUT2D eigenvalue weighted by molar-refractivity contribution is 0.330. The molecule has 0 aliphatic heterocycles.